The zero-order valence-electron chi connectivity index (χ0n) is 12.2. The summed E-state index contributed by atoms with van der Waals surface area (Å²) in [7, 11) is 0. The first-order valence-corrected chi connectivity index (χ1v) is 7.44. The molecule has 0 aromatic heterocycles. The van der Waals surface area contributed by atoms with Gasteiger partial charge in [0.25, 0.3) is 0 Å². The van der Waals surface area contributed by atoms with E-state index in [4.69, 9.17) is 0 Å². The number of aliphatic hydroxyl groups is 1. The molecule has 3 nitrogen and oxygen atoms in total. The Morgan fingerprint density at radius 3 is 2.89 bits per heavy atom. The molecule has 1 aromatic carbocycles. The van der Waals surface area contributed by atoms with E-state index in [0.717, 1.165) is 26.1 Å². The third-order valence-electron chi connectivity index (χ3n) is 4.06. The van der Waals surface area contributed by atoms with E-state index in [-0.39, 0.29) is 6.61 Å². The Bertz CT molecular complexity index is 406. The second-order valence-electron chi connectivity index (χ2n) is 5.42. The molecule has 1 aliphatic heterocycles. The summed E-state index contributed by atoms with van der Waals surface area (Å²) in [5, 5.41) is 12.9. The van der Waals surface area contributed by atoms with Gasteiger partial charge in [-0.1, -0.05) is 13.0 Å². The van der Waals surface area contributed by atoms with E-state index in [1.54, 1.807) is 0 Å². The number of aliphatic hydroxyl groups excluding tert-OH is 1. The largest absolute Gasteiger partial charge is 0.394 e. The predicted octanol–water partition coefficient (Wildman–Crippen LogP) is 2.46. The Hall–Kier alpha value is -1.06. The van der Waals surface area contributed by atoms with Crippen molar-refractivity contribution in [3.63, 3.8) is 0 Å². The number of benzene rings is 1. The molecule has 0 aliphatic carbocycles. The van der Waals surface area contributed by atoms with Gasteiger partial charge in [-0.3, -0.25) is 0 Å². The molecule has 0 radical (unpaired) electrons. The topological polar surface area (TPSA) is 35.5 Å². The molecule has 106 valence electrons. The van der Waals surface area contributed by atoms with Crippen LogP contribution in [0.4, 0.5) is 5.69 Å². The molecule has 1 unspecified atom stereocenters. The summed E-state index contributed by atoms with van der Waals surface area (Å²) in [4.78, 5) is 2.37. The third-order valence-corrected chi connectivity index (χ3v) is 4.06. The number of nitrogens with one attached hydrogen (secondary N) is 1. The van der Waals surface area contributed by atoms with Gasteiger partial charge in [0, 0.05) is 18.8 Å². The lowest BCUT2D eigenvalue weighted by molar-refractivity contribution is 0.240. The van der Waals surface area contributed by atoms with Crippen LogP contribution in [-0.2, 0) is 6.54 Å². The van der Waals surface area contributed by atoms with Crippen molar-refractivity contribution in [2.75, 3.05) is 24.6 Å². The molecule has 1 saturated heterocycles. The number of piperidine rings is 1. The minimum Gasteiger partial charge on any atom is -0.394 e. The van der Waals surface area contributed by atoms with Gasteiger partial charge in [-0.05, 0) is 56.0 Å². The highest BCUT2D eigenvalue weighted by Crippen LogP contribution is 2.26. The average molecular weight is 262 g/mol. The molecular weight excluding hydrogens is 236 g/mol. The first-order valence-electron chi connectivity index (χ1n) is 7.44. The quantitative estimate of drug-likeness (QED) is 0.855. The number of aryl methyl sites for hydroxylation is 1. The maximum absolute atomic E-state index is 9.51. The monoisotopic (exact) mass is 262 g/mol. The predicted molar refractivity (Wildman–Crippen MR) is 80.6 cm³/mol. The Labute approximate surface area is 116 Å². The lowest BCUT2D eigenvalue weighted by Crippen LogP contribution is -2.41. The van der Waals surface area contributed by atoms with E-state index in [0.29, 0.717) is 6.04 Å². The standard InChI is InChI=1S/C16H26N2O/c1-3-17-11-14-7-8-15(10-13(14)2)18-9-5-4-6-16(18)12-19/h7-8,10,16-17,19H,3-6,9,11-12H2,1-2H3. The fraction of sp³-hybridized carbons (Fsp3) is 0.625. The van der Waals surface area contributed by atoms with Gasteiger partial charge in [-0.25, -0.2) is 0 Å². The first-order chi connectivity index (χ1) is 9.26. The second-order valence-corrected chi connectivity index (χ2v) is 5.42. The Morgan fingerprint density at radius 1 is 1.37 bits per heavy atom. The summed E-state index contributed by atoms with van der Waals surface area (Å²) in [6.45, 7) is 7.57. The van der Waals surface area contributed by atoms with Crippen molar-refractivity contribution in [1.82, 2.24) is 5.32 Å². The van der Waals surface area contributed by atoms with Crippen LogP contribution < -0.4 is 10.2 Å². The summed E-state index contributed by atoms with van der Waals surface area (Å²) in [5.74, 6) is 0. The van der Waals surface area contributed by atoms with Crippen LogP contribution >= 0.6 is 0 Å². The van der Waals surface area contributed by atoms with E-state index in [2.05, 4.69) is 42.3 Å². The highest BCUT2D eigenvalue weighted by molar-refractivity contribution is 5.52. The fourth-order valence-corrected chi connectivity index (χ4v) is 2.85. The molecule has 2 N–H and O–H groups in total. The Balaban J connectivity index is 2.13. The summed E-state index contributed by atoms with van der Waals surface area (Å²) in [6, 6.07) is 6.98. The first kappa shape index (κ1) is 14.4. The summed E-state index contributed by atoms with van der Waals surface area (Å²) >= 11 is 0. The molecule has 1 aliphatic rings. The molecule has 1 heterocycles. The molecule has 1 fully saturated rings. The molecule has 0 bridgehead atoms. The Kier molecular flexibility index (Phi) is 5.23. The van der Waals surface area contributed by atoms with E-state index >= 15 is 0 Å². The normalized spacial score (nSPS) is 19.7. The minimum atomic E-state index is 0.262. The molecule has 19 heavy (non-hydrogen) atoms. The van der Waals surface area contributed by atoms with Gasteiger partial charge in [0.15, 0.2) is 0 Å². The smallest absolute Gasteiger partial charge is 0.0635 e. The lowest BCUT2D eigenvalue weighted by atomic mass is 10.0. The molecule has 0 saturated carbocycles. The van der Waals surface area contributed by atoms with Crippen molar-refractivity contribution in [3.05, 3.63) is 29.3 Å². The van der Waals surface area contributed by atoms with Crippen LogP contribution in [0.2, 0.25) is 0 Å². The molecule has 0 spiro atoms. The van der Waals surface area contributed by atoms with Crippen LogP contribution in [0.15, 0.2) is 18.2 Å². The Morgan fingerprint density at radius 2 is 2.21 bits per heavy atom. The van der Waals surface area contributed by atoms with Crippen LogP contribution in [0.3, 0.4) is 0 Å². The van der Waals surface area contributed by atoms with Crippen LogP contribution in [0, 0.1) is 6.92 Å². The maximum atomic E-state index is 9.51. The van der Waals surface area contributed by atoms with Gasteiger partial charge < -0.3 is 15.3 Å². The number of anilines is 1. The van der Waals surface area contributed by atoms with Gasteiger partial charge in [-0.15, -0.1) is 0 Å². The highest BCUT2D eigenvalue weighted by Gasteiger charge is 2.22. The van der Waals surface area contributed by atoms with Crippen molar-refractivity contribution >= 4 is 5.69 Å². The average Bonchev–Trinajstić information content (AvgIpc) is 2.46. The zero-order valence-corrected chi connectivity index (χ0v) is 12.2. The van der Waals surface area contributed by atoms with Crippen molar-refractivity contribution in [2.45, 2.75) is 45.7 Å². The minimum absolute atomic E-state index is 0.262. The summed E-state index contributed by atoms with van der Waals surface area (Å²) < 4.78 is 0. The van der Waals surface area contributed by atoms with Crippen LogP contribution in [0.25, 0.3) is 0 Å². The van der Waals surface area contributed by atoms with E-state index in [9.17, 15) is 5.11 Å². The number of rotatable bonds is 5. The summed E-state index contributed by atoms with van der Waals surface area (Å²) in [6.07, 6.45) is 3.57. The highest BCUT2D eigenvalue weighted by atomic mass is 16.3. The van der Waals surface area contributed by atoms with Crippen molar-refractivity contribution < 1.29 is 5.11 Å². The number of hydrogen-bond acceptors (Lipinski definition) is 3. The number of nitrogens with zero attached hydrogens (tertiary/aromatic N) is 1. The molecule has 0 amide bonds. The van der Waals surface area contributed by atoms with Crippen molar-refractivity contribution in [3.8, 4) is 0 Å². The maximum Gasteiger partial charge on any atom is 0.0635 e. The molecule has 1 atom stereocenters. The van der Waals surface area contributed by atoms with Gasteiger partial charge >= 0.3 is 0 Å². The second kappa shape index (κ2) is 6.92. The molecule has 2 rings (SSSR count). The van der Waals surface area contributed by atoms with Crippen molar-refractivity contribution in [2.24, 2.45) is 0 Å². The summed E-state index contributed by atoms with van der Waals surface area (Å²) in [5.41, 5.74) is 3.96. The van der Waals surface area contributed by atoms with E-state index in [1.807, 2.05) is 0 Å². The number of hydrogen-bond donors (Lipinski definition) is 2. The van der Waals surface area contributed by atoms with Crippen LogP contribution in [-0.4, -0.2) is 30.8 Å². The SMILES string of the molecule is CCNCc1ccc(N2CCCCC2CO)cc1C. The fourth-order valence-electron chi connectivity index (χ4n) is 2.85. The van der Waals surface area contributed by atoms with Gasteiger partial charge in [-0.2, -0.15) is 0 Å². The molecular formula is C16H26N2O. The zero-order chi connectivity index (χ0) is 13.7. The van der Waals surface area contributed by atoms with E-state index in [1.165, 1.54) is 29.7 Å². The van der Waals surface area contributed by atoms with Crippen molar-refractivity contribution in [1.29, 1.82) is 0 Å². The van der Waals surface area contributed by atoms with Gasteiger partial charge in [0.1, 0.15) is 0 Å². The third kappa shape index (κ3) is 3.48. The lowest BCUT2D eigenvalue weighted by Gasteiger charge is -2.36. The van der Waals surface area contributed by atoms with Gasteiger partial charge in [0.2, 0.25) is 0 Å². The van der Waals surface area contributed by atoms with Crippen LogP contribution in [0.1, 0.15) is 37.3 Å². The van der Waals surface area contributed by atoms with Crippen LogP contribution in [0.5, 0.6) is 0 Å². The van der Waals surface area contributed by atoms with E-state index < -0.39 is 0 Å². The van der Waals surface area contributed by atoms with Gasteiger partial charge in [0.05, 0.1) is 12.6 Å². The molecule has 3 heteroatoms. The molecule has 1 aromatic rings.